The van der Waals surface area contributed by atoms with Crippen molar-refractivity contribution in [3.8, 4) is 0 Å². The highest BCUT2D eigenvalue weighted by atomic mass is 35.5. The lowest BCUT2D eigenvalue weighted by Gasteiger charge is -2.34. The van der Waals surface area contributed by atoms with Gasteiger partial charge in [0.25, 0.3) is 0 Å². The molecule has 1 aliphatic rings. The first-order chi connectivity index (χ1) is 12.6. The molecule has 3 aromatic rings. The van der Waals surface area contributed by atoms with Gasteiger partial charge in [-0.15, -0.1) is 0 Å². The van der Waals surface area contributed by atoms with E-state index in [1.54, 1.807) is 0 Å². The van der Waals surface area contributed by atoms with E-state index in [9.17, 15) is 5.11 Å². The summed E-state index contributed by atoms with van der Waals surface area (Å²) < 4.78 is 2.30. The van der Waals surface area contributed by atoms with Crippen LogP contribution in [0.1, 0.15) is 37.2 Å². The van der Waals surface area contributed by atoms with Crippen LogP contribution in [0.4, 0.5) is 0 Å². The van der Waals surface area contributed by atoms with Crippen LogP contribution in [0.15, 0.2) is 48.5 Å². The lowest BCUT2D eigenvalue weighted by atomic mass is 10.1. The second-order valence-corrected chi connectivity index (χ2v) is 7.55. The molecule has 1 saturated heterocycles. The SMILES string of the molecule is CC(c1nc2cc(Cl)ccc2n1Cc1ccccc1)N1CCC(O)CC1. The van der Waals surface area contributed by atoms with Gasteiger partial charge in [0.15, 0.2) is 0 Å². The number of fused-ring (bicyclic) bond motifs is 1. The average molecular weight is 370 g/mol. The van der Waals surface area contributed by atoms with Crippen molar-refractivity contribution in [2.24, 2.45) is 0 Å². The van der Waals surface area contributed by atoms with Crippen LogP contribution in [0.3, 0.4) is 0 Å². The maximum absolute atomic E-state index is 9.81. The largest absolute Gasteiger partial charge is 0.393 e. The smallest absolute Gasteiger partial charge is 0.127 e. The normalized spacial score (nSPS) is 17.7. The molecule has 1 atom stereocenters. The summed E-state index contributed by atoms with van der Waals surface area (Å²) in [6, 6.07) is 16.6. The average Bonchev–Trinajstić information content (AvgIpc) is 3.00. The Morgan fingerprint density at radius 3 is 2.62 bits per heavy atom. The third-order valence-corrected chi connectivity index (χ3v) is 5.58. The van der Waals surface area contributed by atoms with Crippen LogP contribution in [0.25, 0.3) is 11.0 Å². The number of benzene rings is 2. The number of aliphatic hydroxyl groups is 1. The van der Waals surface area contributed by atoms with Gasteiger partial charge in [-0.3, -0.25) is 4.90 Å². The molecular weight excluding hydrogens is 346 g/mol. The Morgan fingerprint density at radius 2 is 1.88 bits per heavy atom. The number of hydrogen-bond acceptors (Lipinski definition) is 3. The summed E-state index contributed by atoms with van der Waals surface area (Å²) in [5, 5.41) is 10.5. The predicted molar refractivity (Wildman–Crippen MR) is 106 cm³/mol. The van der Waals surface area contributed by atoms with E-state index in [0.29, 0.717) is 5.02 Å². The van der Waals surface area contributed by atoms with Crippen molar-refractivity contribution >= 4 is 22.6 Å². The third-order valence-electron chi connectivity index (χ3n) is 5.34. The molecule has 4 nitrogen and oxygen atoms in total. The second-order valence-electron chi connectivity index (χ2n) is 7.12. The lowest BCUT2D eigenvalue weighted by molar-refractivity contribution is 0.0619. The molecule has 5 heteroatoms. The number of likely N-dealkylation sites (tertiary alicyclic amines) is 1. The van der Waals surface area contributed by atoms with Gasteiger partial charge in [0.1, 0.15) is 5.82 Å². The summed E-state index contributed by atoms with van der Waals surface area (Å²) in [5.74, 6) is 1.06. The van der Waals surface area contributed by atoms with Gasteiger partial charge in [-0.2, -0.15) is 0 Å². The molecule has 0 amide bonds. The maximum atomic E-state index is 9.81. The highest BCUT2D eigenvalue weighted by Gasteiger charge is 2.26. The molecular formula is C21H24ClN3O. The molecule has 0 radical (unpaired) electrons. The van der Waals surface area contributed by atoms with E-state index < -0.39 is 0 Å². The molecule has 0 aliphatic carbocycles. The zero-order chi connectivity index (χ0) is 18.1. The summed E-state index contributed by atoms with van der Waals surface area (Å²) in [5.41, 5.74) is 3.30. The van der Waals surface area contributed by atoms with Crippen molar-refractivity contribution in [3.63, 3.8) is 0 Å². The molecule has 0 saturated carbocycles. The Kier molecular flexibility index (Phi) is 4.98. The molecule has 1 aromatic heterocycles. The highest BCUT2D eigenvalue weighted by Crippen LogP contribution is 2.29. The quantitative estimate of drug-likeness (QED) is 0.747. The van der Waals surface area contributed by atoms with Gasteiger partial charge in [-0.1, -0.05) is 41.9 Å². The van der Waals surface area contributed by atoms with Crippen LogP contribution >= 0.6 is 11.6 Å². The van der Waals surface area contributed by atoms with Gasteiger partial charge in [0.2, 0.25) is 0 Å². The van der Waals surface area contributed by atoms with Crippen molar-refractivity contribution in [2.45, 2.75) is 38.5 Å². The number of aliphatic hydroxyl groups excluding tert-OH is 1. The van der Waals surface area contributed by atoms with E-state index >= 15 is 0 Å². The number of rotatable bonds is 4. The molecule has 136 valence electrons. The molecule has 1 unspecified atom stereocenters. The van der Waals surface area contributed by atoms with Crippen LogP contribution < -0.4 is 0 Å². The number of halogens is 1. The Bertz CT molecular complexity index is 885. The summed E-state index contributed by atoms with van der Waals surface area (Å²) in [6.07, 6.45) is 1.49. The number of nitrogens with zero attached hydrogens (tertiary/aromatic N) is 3. The lowest BCUT2D eigenvalue weighted by Crippen LogP contribution is -2.38. The molecule has 1 fully saturated rings. The molecule has 1 N–H and O–H groups in total. The van der Waals surface area contributed by atoms with Gasteiger partial charge in [0, 0.05) is 24.7 Å². The first kappa shape index (κ1) is 17.5. The topological polar surface area (TPSA) is 41.3 Å². The number of piperidine rings is 1. The molecule has 0 spiro atoms. The van der Waals surface area contributed by atoms with Crippen LogP contribution in [-0.2, 0) is 6.54 Å². The summed E-state index contributed by atoms with van der Waals surface area (Å²) in [4.78, 5) is 7.35. The summed E-state index contributed by atoms with van der Waals surface area (Å²) >= 11 is 6.20. The fraction of sp³-hybridized carbons (Fsp3) is 0.381. The Morgan fingerprint density at radius 1 is 1.15 bits per heavy atom. The van der Waals surface area contributed by atoms with Crippen LogP contribution in [0.2, 0.25) is 5.02 Å². The van der Waals surface area contributed by atoms with E-state index in [2.05, 4.69) is 46.7 Å². The van der Waals surface area contributed by atoms with Crippen molar-refractivity contribution in [2.75, 3.05) is 13.1 Å². The predicted octanol–water partition coefficient (Wildman–Crippen LogP) is 4.26. The van der Waals surface area contributed by atoms with E-state index in [0.717, 1.165) is 49.3 Å². The van der Waals surface area contributed by atoms with E-state index in [4.69, 9.17) is 16.6 Å². The Hall–Kier alpha value is -1.88. The zero-order valence-electron chi connectivity index (χ0n) is 15.0. The standard InChI is InChI=1S/C21H24ClN3O/c1-15(24-11-9-18(26)10-12-24)21-23-19-13-17(22)7-8-20(19)25(21)14-16-5-3-2-4-6-16/h2-8,13,15,18,26H,9-12,14H2,1H3. The molecule has 4 rings (SSSR count). The summed E-state index contributed by atoms with van der Waals surface area (Å²) in [6.45, 7) is 4.80. The van der Waals surface area contributed by atoms with Gasteiger partial charge >= 0.3 is 0 Å². The fourth-order valence-electron chi connectivity index (χ4n) is 3.81. The van der Waals surface area contributed by atoms with Gasteiger partial charge < -0.3 is 9.67 Å². The van der Waals surface area contributed by atoms with Crippen molar-refractivity contribution in [3.05, 3.63) is 64.9 Å². The van der Waals surface area contributed by atoms with E-state index in [1.807, 2.05) is 18.2 Å². The maximum Gasteiger partial charge on any atom is 0.127 e. The van der Waals surface area contributed by atoms with Crippen molar-refractivity contribution < 1.29 is 5.11 Å². The Labute approximate surface area is 159 Å². The number of imidazole rings is 1. The molecule has 2 heterocycles. The first-order valence-corrected chi connectivity index (χ1v) is 9.61. The van der Waals surface area contributed by atoms with E-state index in [-0.39, 0.29) is 12.1 Å². The van der Waals surface area contributed by atoms with Gasteiger partial charge in [-0.05, 0) is 43.5 Å². The fourth-order valence-corrected chi connectivity index (χ4v) is 3.98. The second kappa shape index (κ2) is 7.39. The van der Waals surface area contributed by atoms with Crippen LogP contribution in [-0.4, -0.2) is 38.8 Å². The number of hydrogen-bond donors (Lipinski definition) is 1. The molecule has 1 aliphatic heterocycles. The minimum absolute atomic E-state index is 0.166. The zero-order valence-corrected chi connectivity index (χ0v) is 15.7. The molecule has 0 bridgehead atoms. The van der Waals surface area contributed by atoms with Crippen molar-refractivity contribution in [1.29, 1.82) is 0 Å². The van der Waals surface area contributed by atoms with Gasteiger partial charge in [-0.25, -0.2) is 4.98 Å². The Balaban J connectivity index is 1.73. The molecule has 26 heavy (non-hydrogen) atoms. The number of aromatic nitrogens is 2. The minimum atomic E-state index is -0.166. The first-order valence-electron chi connectivity index (χ1n) is 9.23. The summed E-state index contributed by atoms with van der Waals surface area (Å²) in [7, 11) is 0. The van der Waals surface area contributed by atoms with Crippen LogP contribution in [0.5, 0.6) is 0 Å². The third kappa shape index (κ3) is 3.50. The van der Waals surface area contributed by atoms with Gasteiger partial charge in [0.05, 0.1) is 23.2 Å². The van der Waals surface area contributed by atoms with E-state index in [1.165, 1.54) is 5.56 Å². The van der Waals surface area contributed by atoms with Crippen LogP contribution in [0, 0.1) is 0 Å². The minimum Gasteiger partial charge on any atom is -0.393 e. The monoisotopic (exact) mass is 369 g/mol. The van der Waals surface area contributed by atoms with Crippen molar-refractivity contribution in [1.82, 2.24) is 14.5 Å². The highest BCUT2D eigenvalue weighted by molar-refractivity contribution is 6.31. The molecule has 2 aromatic carbocycles.